The molecule has 2 heterocycles. The molecular weight excluding hydrogens is 506 g/mol. The lowest BCUT2D eigenvalue weighted by molar-refractivity contribution is -0.139. The van der Waals surface area contributed by atoms with E-state index in [0.717, 1.165) is 43.2 Å². The number of halogens is 1. The smallest absolute Gasteiger partial charge is 0.338 e. The molecule has 1 saturated heterocycles. The fourth-order valence-electron chi connectivity index (χ4n) is 4.66. The predicted molar refractivity (Wildman–Crippen MR) is 152 cm³/mol. The number of ether oxygens (including phenoxy) is 2. The first-order valence-corrected chi connectivity index (χ1v) is 14.6. The summed E-state index contributed by atoms with van der Waals surface area (Å²) in [7, 11) is 0. The Balaban J connectivity index is 1.47. The van der Waals surface area contributed by atoms with Crippen LogP contribution in [0.4, 0.5) is 0 Å². The zero-order valence-corrected chi connectivity index (χ0v) is 23.0. The molecule has 0 saturated carbocycles. The maximum atomic E-state index is 13.5. The lowest BCUT2D eigenvalue weighted by atomic mass is 9.96. The summed E-state index contributed by atoms with van der Waals surface area (Å²) in [5.74, 6) is -0.371. The molecule has 2 aromatic rings. The van der Waals surface area contributed by atoms with Crippen molar-refractivity contribution < 1.29 is 14.3 Å². The first-order chi connectivity index (χ1) is 18.1. The van der Waals surface area contributed by atoms with Crippen LogP contribution in [0.15, 0.2) is 70.9 Å². The van der Waals surface area contributed by atoms with Crippen LogP contribution in [-0.2, 0) is 20.7 Å². The van der Waals surface area contributed by atoms with Gasteiger partial charge in [0.2, 0.25) is 0 Å². The fourth-order valence-corrected chi connectivity index (χ4v) is 5.30. The maximum Gasteiger partial charge on any atom is 0.338 e. The molecule has 2 aromatic carbocycles. The predicted octanol–water partition coefficient (Wildman–Crippen LogP) is 5.64. The number of amidine groups is 1. The number of benzene rings is 2. The van der Waals surface area contributed by atoms with Gasteiger partial charge < -0.3 is 19.7 Å². The number of piperidine rings is 1. The molecule has 1 N–H and O–H groups in total. The summed E-state index contributed by atoms with van der Waals surface area (Å²) in [5, 5.41) is 4.66. The molecule has 0 spiro atoms. The maximum absolute atomic E-state index is 13.5. The van der Waals surface area contributed by atoms with Gasteiger partial charge in [0, 0.05) is 11.6 Å². The average Bonchev–Trinajstić information content (AvgIpc) is 2.94. The topological polar surface area (TPSA) is 63.2 Å². The van der Waals surface area contributed by atoms with E-state index in [1.165, 1.54) is 36.6 Å². The molecule has 2 aliphatic heterocycles. The number of hydrogen-bond acceptors (Lipinski definition) is 7. The van der Waals surface area contributed by atoms with Crippen LogP contribution in [0.25, 0.3) is 0 Å². The van der Waals surface area contributed by atoms with E-state index in [1.807, 2.05) is 48.7 Å². The van der Waals surface area contributed by atoms with Gasteiger partial charge in [0.25, 0.3) is 0 Å². The molecule has 2 aliphatic rings. The second-order valence-electron chi connectivity index (χ2n) is 9.29. The number of nitrogens with zero attached hydrogens (tertiary/aromatic N) is 2. The van der Waals surface area contributed by atoms with E-state index >= 15 is 0 Å². The molecule has 0 amide bonds. The monoisotopic (exact) mass is 541 g/mol. The van der Waals surface area contributed by atoms with Gasteiger partial charge in [0.15, 0.2) is 5.17 Å². The zero-order chi connectivity index (χ0) is 25.9. The van der Waals surface area contributed by atoms with Gasteiger partial charge in [-0.1, -0.05) is 72.2 Å². The van der Waals surface area contributed by atoms with Gasteiger partial charge in [-0.15, -0.1) is 0 Å². The Morgan fingerprint density at radius 3 is 2.68 bits per heavy atom. The highest BCUT2D eigenvalue weighted by Gasteiger charge is 2.32. The van der Waals surface area contributed by atoms with Crippen molar-refractivity contribution in [1.29, 1.82) is 0 Å². The molecule has 0 aliphatic carbocycles. The van der Waals surface area contributed by atoms with E-state index in [1.54, 1.807) is 0 Å². The van der Waals surface area contributed by atoms with Crippen LogP contribution in [-0.4, -0.2) is 61.7 Å². The van der Waals surface area contributed by atoms with E-state index < -0.39 is 6.04 Å². The highest BCUT2D eigenvalue weighted by Crippen LogP contribution is 2.34. The number of carbonyl (C=O) groups is 1. The molecule has 8 heteroatoms. The van der Waals surface area contributed by atoms with Crippen molar-refractivity contribution in [2.45, 2.75) is 38.1 Å². The van der Waals surface area contributed by atoms with Gasteiger partial charge in [-0.2, -0.15) is 0 Å². The van der Waals surface area contributed by atoms with Gasteiger partial charge in [0.1, 0.15) is 6.04 Å². The lowest BCUT2D eigenvalue weighted by Crippen LogP contribution is -2.35. The minimum Gasteiger partial charge on any atom is -0.462 e. The number of nitrogens with one attached hydrogen (secondary N) is 1. The van der Waals surface area contributed by atoms with Gasteiger partial charge in [-0.25, -0.2) is 9.79 Å². The Morgan fingerprint density at radius 1 is 1.11 bits per heavy atom. The summed E-state index contributed by atoms with van der Waals surface area (Å²) in [6.45, 7) is 4.39. The van der Waals surface area contributed by atoms with Gasteiger partial charge >= 0.3 is 5.97 Å². The van der Waals surface area contributed by atoms with E-state index in [0.29, 0.717) is 36.1 Å². The number of carbonyl (C=O) groups excluding carboxylic acids is 1. The SMILES string of the molecule is CSC1=NC(c2cccc(Cl)c2)C(C(=O)OCCCc2ccccc2)=C(COCCN2CCCCC2)N1. The number of likely N-dealkylation sites (tertiary alicyclic amines) is 1. The first-order valence-electron chi connectivity index (χ1n) is 13.0. The first kappa shape index (κ1) is 27.7. The Bertz CT molecular complexity index is 1090. The lowest BCUT2D eigenvalue weighted by Gasteiger charge is -2.28. The van der Waals surface area contributed by atoms with Crippen molar-refractivity contribution in [2.75, 3.05) is 45.7 Å². The summed E-state index contributed by atoms with van der Waals surface area (Å²) >= 11 is 7.81. The molecule has 1 atom stereocenters. The summed E-state index contributed by atoms with van der Waals surface area (Å²) in [4.78, 5) is 20.7. The molecular formula is C29H36ClN3O3S. The molecule has 1 unspecified atom stereocenters. The largest absolute Gasteiger partial charge is 0.462 e. The molecule has 6 nitrogen and oxygen atoms in total. The standard InChI is InChI=1S/C29H36ClN3O3S/c1-37-29-31-25(21-35-19-17-33-15-6-3-7-16-33)26(27(32-29)23-13-8-14-24(30)20-23)28(34)36-18-9-12-22-10-4-2-5-11-22/h2,4-5,8,10-11,13-14,20,27H,3,6-7,9,12,15-19,21H2,1H3,(H,31,32). The van der Waals surface area contributed by atoms with Crippen molar-refractivity contribution in [3.63, 3.8) is 0 Å². The van der Waals surface area contributed by atoms with E-state index in [4.69, 9.17) is 26.1 Å². The highest BCUT2D eigenvalue weighted by atomic mass is 35.5. The van der Waals surface area contributed by atoms with Crippen molar-refractivity contribution in [1.82, 2.24) is 10.2 Å². The third-order valence-electron chi connectivity index (χ3n) is 6.61. The normalized spacial score (nSPS) is 18.3. The van der Waals surface area contributed by atoms with Crippen LogP contribution in [0.2, 0.25) is 5.02 Å². The van der Waals surface area contributed by atoms with Gasteiger partial charge in [-0.3, -0.25) is 0 Å². The molecule has 0 bridgehead atoms. The number of esters is 1. The van der Waals surface area contributed by atoms with Gasteiger partial charge in [0.05, 0.1) is 31.1 Å². The van der Waals surface area contributed by atoms with E-state index in [9.17, 15) is 4.79 Å². The second-order valence-corrected chi connectivity index (χ2v) is 10.5. The van der Waals surface area contributed by atoms with Crippen LogP contribution in [0.1, 0.15) is 42.9 Å². The summed E-state index contributed by atoms with van der Waals surface area (Å²) in [6, 6.07) is 17.2. The summed E-state index contributed by atoms with van der Waals surface area (Å²) < 4.78 is 11.9. The van der Waals surface area contributed by atoms with Crippen LogP contribution in [0, 0.1) is 0 Å². The molecule has 4 rings (SSSR count). The van der Waals surface area contributed by atoms with Crippen LogP contribution < -0.4 is 5.32 Å². The molecule has 1 fully saturated rings. The van der Waals surface area contributed by atoms with Crippen LogP contribution in [0.5, 0.6) is 0 Å². The minimum absolute atomic E-state index is 0.291. The highest BCUT2D eigenvalue weighted by molar-refractivity contribution is 8.13. The Hall–Kier alpha value is -2.32. The third kappa shape index (κ3) is 8.34. The fraction of sp³-hybridized carbons (Fsp3) is 0.448. The second kappa shape index (κ2) is 14.6. The van der Waals surface area contributed by atoms with E-state index in [-0.39, 0.29) is 5.97 Å². The third-order valence-corrected chi connectivity index (χ3v) is 7.44. The summed E-state index contributed by atoms with van der Waals surface area (Å²) in [5.41, 5.74) is 3.27. The molecule has 198 valence electrons. The Kier molecular flexibility index (Phi) is 10.9. The number of thioether (sulfide) groups is 1. The van der Waals surface area contributed by atoms with Crippen molar-refractivity contribution >= 4 is 34.5 Å². The Labute approximate surface area is 229 Å². The van der Waals surface area contributed by atoms with Crippen molar-refractivity contribution in [3.8, 4) is 0 Å². The minimum atomic E-state index is -0.510. The molecule has 0 radical (unpaired) electrons. The quantitative estimate of drug-likeness (QED) is 0.293. The summed E-state index contributed by atoms with van der Waals surface area (Å²) in [6.07, 6.45) is 7.38. The van der Waals surface area contributed by atoms with Crippen molar-refractivity contribution in [2.24, 2.45) is 4.99 Å². The number of rotatable bonds is 11. The molecule has 0 aromatic heterocycles. The number of aliphatic imine (C=N–C) groups is 1. The van der Waals surface area contributed by atoms with Crippen LogP contribution >= 0.6 is 23.4 Å². The van der Waals surface area contributed by atoms with Crippen molar-refractivity contribution in [3.05, 3.63) is 82.0 Å². The average molecular weight is 542 g/mol. The van der Waals surface area contributed by atoms with E-state index in [2.05, 4.69) is 22.3 Å². The zero-order valence-electron chi connectivity index (χ0n) is 21.5. The Morgan fingerprint density at radius 2 is 1.92 bits per heavy atom. The number of aryl methyl sites for hydroxylation is 1. The number of hydrogen-bond donors (Lipinski definition) is 1. The van der Waals surface area contributed by atoms with Crippen LogP contribution in [0.3, 0.4) is 0 Å². The molecule has 37 heavy (non-hydrogen) atoms. The van der Waals surface area contributed by atoms with Gasteiger partial charge in [-0.05, 0) is 68.3 Å².